The van der Waals surface area contributed by atoms with Gasteiger partial charge in [0, 0.05) is 25.5 Å². The van der Waals surface area contributed by atoms with Crippen molar-refractivity contribution in [2.45, 2.75) is 45.2 Å². The molecule has 182 valence electrons. The van der Waals surface area contributed by atoms with Crippen LogP contribution in [-0.4, -0.2) is 55.5 Å². The lowest BCUT2D eigenvalue weighted by atomic mass is 9.84. The van der Waals surface area contributed by atoms with Gasteiger partial charge >= 0.3 is 12.1 Å². The number of ether oxygens (including phenoxy) is 2. The van der Waals surface area contributed by atoms with Crippen LogP contribution >= 0.6 is 0 Å². The second-order valence-electron chi connectivity index (χ2n) is 9.51. The third kappa shape index (κ3) is 5.94. The van der Waals surface area contributed by atoms with Crippen molar-refractivity contribution in [3.63, 3.8) is 0 Å². The van der Waals surface area contributed by atoms with Crippen LogP contribution in [0.4, 0.5) is 4.79 Å². The lowest BCUT2D eigenvalue weighted by molar-refractivity contribution is -0.143. The predicted molar refractivity (Wildman–Crippen MR) is 128 cm³/mol. The van der Waals surface area contributed by atoms with Crippen LogP contribution in [0, 0.1) is 5.41 Å². The van der Waals surface area contributed by atoms with Crippen molar-refractivity contribution in [3.05, 3.63) is 59.7 Å². The van der Waals surface area contributed by atoms with Gasteiger partial charge < -0.3 is 25.2 Å². The van der Waals surface area contributed by atoms with Gasteiger partial charge in [-0.3, -0.25) is 4.79 Å². The van der Waals surface area contributed by atoms with E-state index in [0.29, 0.717) is 0 Å². The highest BCUT2D eigenvalue weighted by atomic mass is 16.5. The Labute approximate surface area is 199 Å². The van der Waals surface area contributed by atoms with Crippen LogP contribution in [-0.2, 0) is 19.1 Å². The van der Waals surface area contributed by atoms with Gasteiger partial charge in [0.15, 0.2) is 6.04 Å². The second-order valence-corrected chi connectivity index (χ2v) is 9.51. The van der Waals surface area contributed by atoms with Crippen LogP contribution in [0.1, 0.15) is 44.2 Å². The third-order valence-corrected chi connectivity index (χ3v) is 6.04. The number of nitrogens with one attached hydrogen (secondary N) is 2. The van der Waals surface area contributed by atoms with E-state index in [1.54, 1.807) is 0 Å². The highest BCUT2D eigenvalue weighted by molar-refractivity contribution is 5.84. The summed E-state index contributed by atoms with van der Waals surface area (Å²) >= 11 is 0. The molecule has 0 spiro atoms. The Morgan fingerprint density at radius 2 is 1.53 bits per heavy atom. The van der Waals surface area contributed by atoms with Gasteiger partial charge in [-0.1, -0.05) is 69.3 Å². The summed E-state index contributed by atoms with van der Waals surface area (Å²) in [4.78, 5) is 36.5. The number of hydrogen-bond acceptors (Lipinski definition) is 5. The molecule has 0 radical (unpaired) electrons. The molecule has 2 atom stereocenters. The first-order valence-corrected chi connectivity index (χ1v) is 11.2. The molecule has 8 nitrogen and oxygen atoms in total. The minimum atomic E-state index is -1.19. The SMILES string of the molecule is COC[C@H](NC(=O)CC(NC(=O)OCC1c2ccccc2-c2ccccc21)C(C)(C)C)C(=O)O. The van der Waals surface area contributed by atoms with Crippen molar-refractivity contribution in [2.24, 2.45) is 5.41 Å². The van der Waals surface area contributed by atoms with Gasteiger partial charge in [0.05, 0.1) is 6.61 Å². The van der Waals surface area contributed by atoms with Crippen LogP contribution in [0.25, 0.3) is 11.1 Å². The highest BCUT2D eigenvalue weighted by Crippen LogP contribution is 2.44. The van der Waals surface area contributed by atoms with Gasteiger partial charge in [-0.05, 0) is 27.7 Å². The number of carbonyl (C=O) groups is 3. The molecule has 1 aliphatic carbocycles. The molecule has 3 N–H and O–H groups in total. The number of carbonyl (C=O) groups excluding carboxylic acids is 2. The molecule has 34 heavy (non-hydrogen) atoms. The van der Waals surface area contributed by atoms with Crippen molar-refractivity contribution in [1.29, 1.82) is 0 Å². The number of fused-ring (bicyclic) bond motifs is 3. The number of rotatable bonds is 9. The highest BCUT2D eigenvalue weighted by Gasteiger charge is 2.32. The normalized spacial score (nSPS) is 14.5. The molecule has 1 unspecified atom stereocenters. The minimum absolute atomic E-state index is 0.0695. The molecular formula is C26H32N2O6. The molecule has 0 saturated heterocycles. The van der Waals surface area contributed by atoms with Crippen molar-refractivity contribution >= 4 is 18.0 Å². The third-order valence-electron chi connectivity index (χ3n) is 6.04. The molecule has 1 aliphatic rings. The molecular weight excluding hydrogens is 436 g/mol. The minimum Gasteiger partial charge on any atom is -0.480 e. The summed E-state index contributed by atoms with van der Waals surface area (Å²) in [6.45, 7) is 5.68. The number of amides is 2. The molecule has 2 aromatic rings. The van der Waals surface area contributed by atoms with E-state index in [4.69, 9.17) is 9.47 Å². The molecule has 0 bridgehead atoms. The first-order chi connectivity index (χ1) is 16.1. The van der Waals surface area contributed by atoms with Gasteiger partial charge in [0.2, 0.25) is 5.91 Å². The summed E-state index contributed by atoms with van der Waals surface area (Å²) in [7, 11) is 1.36. The number of carboxylic acids is 1. The Kier molecular flexibility index (Phi) is 7.94. The van der Waals surface area contributed by atoms with Crippen molar-refractivity contribution in [1.82, 2.24) is 10.6 Å². The Morgan fingerprint density at radius 1 is 0.971 bits per heavy atom. The molecule has 0 heterocycles. The van der Waals surface area contributed by atoms with Crippen molar-refractivity contribution < 1.29 is 29.0 Å². The smallest absolute Gasteiger partial charge is 0.407 e. The van der Waals surface area contributed by atoms with E-state index < -0.39 is 35.5 Å². The van der Waals surface area contributed by atoms with Gasteiger partial charge in [-0.2, -0.15) is 0 Å². The maximum Gasteiger partial charge on any atom is 0.407 e. The fourth-order valence-electron chi connectivity index (χ4n) is 4.14. The molecule has 0 fully saturated rings. The first kappa shape index (κ1) is 25.2. The summed E-state index contributed by atoms with van der Waals surface area (Å²) in [6, 6.07) is 14.4. The number of methoxy groups -OCH3 is 1. The average molecular weight is 469 g/mol. The van der Waals surface area contributed by atoms with E-state index in [9.17, 15) is 19.5 Å². The number of benzene rings is 2. The lowest BCUT2D eigenvalue weighted by Crippen LogP contribution is -2.50. The molecule has 0 aliphatic heterocycles. The fraction of sp³-hybridized carbons (Fsp3) is 0.423. The quantitative estimate of drug-likeness (QED) is 0.519. The number of carboxylic acid groups (broad SMARTS) is 1. The molecule has 0 saturated carbocycles. The fourth-order valence-corrected chi connectivity index (χ4v) is 4.14. The predicted octanol–water partition coefficient (Wildman–Crippen LogP) is 3.55. The maximum atomic E-state index is 12.7. The van der Waals surface area contributed by atoms with Crippen molar-refractivity contribution in [2.75, 3.05) is 20.3 Å². The van der Waals surface area contributed by atoms with Crippen LogP contribution in [0.5, 0.6) is 0 Å². The van der Waals surface area contributed by atoms with E-state index in [0.717, 1.165) is 22.3 Å². The van der Waals surface area contributed by atoms with E-state index in [-0.39, 0.29) is 25.6 Å². The van der Waals surface area contributed by atoms with E-state index in [2.05, 4.69) is 22.8 Å². The number of hydrogen-bond donors (Lipinski definition) is 3. The Balaban J connectivity index is 1.64. The zero-order chi connectivity index (χ0) is 24.9. The van der Waals surface area contributed by atoms with Crippen LogP contribution < -0.4 is 10.6 Å². The van der Waals surface area contributed by atoms with E-state index in [1.165, 1.54) is 7.11 Å². The largest absolute Gasteiger partial charge is 0.480 e. The van der Waals surface area contributed by atoms with Gasteiger partial charge in [0.1, 0.15) is 6.61 Å². The Bertz CT molecular complexity index is 1000. The molecule has 8 heteroatoms. The standard InChI is InChI=1S/C26H32N2O6/c1-26(2,3)22(13-23(29)27-21(15-33-4)24(30)31)28-25(32)34-14-20-18-11-7-5-9-16(18)17-10-6-8-12-19(17)20/h5-12,20-22H,13-15H2,1-4H3,(H,27,29)(H,28,32)(H,30,31)/t21-,22?/m0/s1. The Morgan fingerprint density at radius 3 is 2.03 bits per heavy atom. The average Bonchev–Trinajstić information content (AvgIpc) is 3.10. The molecule has 2 aromatic carbocycles. The van der Waals surface area contributed by atoms with Gasteiger partial charge in [-0.15, -0.1) is 0 Å². The van der Waals surface area contributed by atoms with E-state index in [1.807, 2.05) is 57.2 Å². The maximum absolute atomic E-state index is 12.7. The zero-order valence-corrected chi connectivity index (χ0v) is 20.0. The summed E-state index contributed by atoms with van der Waals surface area (Å²) in [5.74, 6) is -1.75. The summed E-state index contributed by atoms with van der Waals surface area (Å²) in [6.07, 6.45) is -0.720. The topological polar surface area (TPSA) is 114 Å². The summed E-state index contributed by atoms with van der Waals surface area (Å²) in [5, 5.41) is 14.5. The Hall–Kier alpha value is -3.39. The monoisotopic (exact) mass is 468 g/mol. The van der Waals surface area contributed by atoms with E-state index >= 15 is 0 Å². The van der Waals surface area contributed by atoms with Gasteiger partial charge in [0.25, 0.3) is 0 Å². The summed E-state index contributed by atoms with van der Waals surface area (Å²) in [5.41, 5.74) is 4.03. The molecule has 0 aromatic heterocycles. The number of aliphatic carboxylic acids is 1. The lowest BCUT2D eigenvalue weighted by Gasteiger charge is -2.31. The molecule has 3 rings (SSSR count). The van der Waals surface area contributed by atoms with Crippen LogP contribution in [0.2, 0.25) is 0 Å². The van der Waals surface area contributed by atoms with Crippen LogP contribution in [0.15, 0.2) is 48.5 Å². The van der Waals surface area contributed by atoms with Crippen molar-refractivity contribution in [3.8, 4) is 11.1 Å². The summed E-state index contributed by atoms with van der Waals surface area (Å²) < 4.78 is 10.5. The second kappa shape index (κ2) is 10.7. The molecule has 2 amide bonds. The number of alkyl carbamates (subject to hydrolysis) is 1. The zero-order valence-electron chi connectivity index (χ0n) is 20.0. The van der Waals surface area contributed by atoms with Gasteiger partial charge in [-0.25, -0.2) is 9.59 Å². The first-order valence-electron chi connectivity index (χ1n) is 11.2. The van der Waals surface area contributed by atoms with Crippen LogP contribution in [0.3, 0.4) is 0 Å².